The van der Waals surface area contributed by atoms with E-state index in [1.165, 1.54) is 6.92 Å². The van der Waals surface area contributed by atoms with Crippen LogP contribution in [0, 0.1) is 17.0 Å². The molecule has 0 aliphatic rings. The number of rotatable bonds is 2. The van der Waals surface area contributed by atoms with Gasteiger partial charge in [-0.2, -0.15) is 0 Å². The molecule has 0 spiro atoms. The fraction of sp³-hybridized carbons (Fsp3) is 0.286. The molecule has 0 atom stereocenters. The third kappa shape index (κ3) is 2.03. The van der Waals surface area contributed by atoms with Gasteiger partial charge in [-0.15, -0.1) is 0 Å². The van der Waals surface area contributed by atoms with Crippen LogP contribution in [0.1, 0.15) is 17.7 Å². The van der Waals surface area contributed by atoms with E-state index in [1.807, 2.05) is 0 Å². The minimum absolute atomic E-state index is 0.106. The summed E-state index contributed by atoms with van der Waals surface area (Å²) < 4.78 is 24.4. The summed E-state index contributed by atoms with van der Waals surface area (Å²) in [6.45, 7) is 1.36. The van der Waals surface area contributed by atoms with E-state index in [0.29, 0.717) is 0 Å². The lowest BCUT2D eigenvalue weighted by molar-refractivity contribution is -0.386. The summed E-state index contributed by atoms with van der Waals surface area (Å²) in [4.78, 5) is 13.1. The molecule has 76 valence electrons. The standard InChI is InChI=1S/C7H5BrF2N2O2/c1-3-2-4(12(13)14)6(8)11-5(3)7(9)10/h2,7H,1H3. The molecule has 0 saturated heterocycles. The molecule has 0 fully saturated rings. The zero-order chi connectivity index (χ0) is 10.9. The first kappa shape index (κ1) is 11.0. The van der Waals surface area contributed by atoms with Crippen molar-refractivity contribution in [1.29, 1.82) is 0 Å². The summed E-state index contributed by atoms with van der Waals surface area (Å²) in [5.41, 5.74) is -0.649. The van der Waals surface area contributed by atoms with Crippen molar-refractivity contribution in [2.75, 3.05) is 0 Å². The van der Waals surface area contributed by atoms with E-state index in [-0.39, 0.29) is 15.9 Å². The second-order valence-corrected chi connectivity index (χ2v) is 3.31. The molecule has 4 nitrogen and oxygen atoms in total. The molecular formula is C7H5BrF2N2O2. The van der Waals surface area contributed by atoms with Gasteiger partial charge in [0.1, 0.15) is 5.69 Å². The lowest BCUT2D eigenvalue weighted by Crippen LogP contribution is -1.99. The normalized spacial score (nSPS) is 10.6. The number of hydrogen-bond donors (Lipinski definition) is 0. The summed E-state index contributed by atoms with van der Waals surface area (Å²) in [7, 11) is 0. The Morgan fingerprint density at radius 1 is 1.64 bits per heavy atom. The van der Waals surface area contributed by atoms with Crippen molar-refractivity contribution < 1.29 is 13.7 Å². The van der Waals surface area contributed by atoms with Crippen LogP contribution in [0.2, 0.25) is 0 Å². The van der Waals surface area contributed by atoms with Gasteiger partial charge in [-0.05, 0) is 28.4 Å². The minimum Gasteiger partial charge on any atom is -0.258 e. The highest BCUT2D eigenvalue weighted by Gasteiger charge is 2.20. The quantitative estimate of drug-likeness (QED) is 0.470. The number of aromatic nitrogens is 1. The highest BCUT2D eigenvalue weighted by atomic mass is 79.9. The SMILES string of the molecule is Cc1cc([N+](=O)[O-])c(Br)nc1C(F)F. The average molecular weight is 267 g/mol. The van der Waals surface area contributed by atoms with E-state index in [1.54, 1.807) is 0 Å². The summed E-state index contributed by atoms with van der Waals surface area (Å²) in [5.74, 6) is 0. The first-order valence-electron chi connectivity index (χ1n) is 3.53. The van der Waals surface area contributed by atoms with E-state index < -0.39 is 17.0 Å². The number of pyridine rings is 1. The molecule has 0 N–H and O–H groups in total. The fourth-order valence-corrected chi connectivity index (χ4v) is 1.39. The Balaban J connectivity index is 3.31. The van der Waals surface area contributed by atoms with Crippen LogP contribution in [-0.2, 0) is 0 Å². The van der Waals surface area contributed by atoms with Gasteiger partial charge in [-0.1, -0.05) is 0 Å². The molecule has 0 bridgehead atoms. The van der Waals surface area contributed by atoms with Crippen molar-refractivity contribution >= 4 is 21.6 Å². The second-order valence-electron chi connectivity index (χ2n) is 2.56. The molecular weight excluding hydrogens is 262 g/mol. The maximum Gasteiger partial charge on any atom is 0.302 e. The van der Waals surface area contributed by atoms with Gasteiger partial charge in [0.15, 0.2) is 4.60 Å². The Morgan fingerprint density at radius 3 is 2.64 bits per heavy atom. The van der Waals surface area contributed by atoms with Crippen LogP contribution >= 0.6 is 15.9 Å². The van der Waals surface area contributed by atoms with Crippen molar-refractivity contribution in [2.24, 2.45) is 0 Å². The van der Waals surface area contributed by atoms with Crippen LogP contribution in [0.4, 0.5) is 14.5 Å². The maximum absolute atomic E-state index is 12.3. The topological polar surface area (TPSA) is 56.0 Å². The summed E-state index contributed by atoms with van der Waals surface area (Å²) >= 11 is 2.76. The van der Waals surface area contributed by atoms with Crippen molar-refractivity contribution in [3.8, 4) is 0 Å². The number of nitrogens with zero attached hydrogens (tertiary/aromatic N) is 2. The molecule has 0 radical (unpaired) electrons. The van der Waals surface area contributed by atoms with Gasteiger partial charge in [0.2, 0.25) is 0 Å². The predicted octanol–water partition coefficient (Wildman–Crippen LogP) is 3.00. The van der Waals surface area contributed by atoms with Crippen molar-refractivity contribution in [2.45, 2.75) is 13.3 Å². The summed E-state index contributed by atoms with van der Waals surface area (Å²) in [5, 5.41) is 10.4. The number of alkyl halides is 2. The Morgan fingerprint density at radius 2 is 2.21 bits per heavy atom. The zero-order valence-corrected chi connectivity index (χ0v) is 8.59. The van der Waals surface area contributed by atoms with Crippen molar-refractivity contribution in [3.05, 3.63) is 32.0 Å². The zero-order valence-electron chi connectivity index (χ0n) is 7.00. The largest absolute Gasteiger partial charge is 0.302 e. The van der Waals surface area contributed by atoms with Gasteiger partial charge in [0.25, 0.3) is 6.43 Å². The molecule has 7 heteroatoms. The maximum atomic E-state index is 12.3. The Hall–Kier alpha value is -1.11. The number of hydrogen-bond acceptors (Lipinski definition) is 3. The lowest BCUT2D eigenvalue weighted by Gasteiger charge is -2.04. The van der Waals surface area contributed by atoms with Crippen LogP contribution in [0.3, 0.4) is 0 Å². The van der Waals surface area contributed by atoms with Crippen LogP contribution in [0.25, 0.3) is 0 Å². The molecule has 0 aliphatic carbocycles. The average Bonchev–Trinajstić information content (AvgIpc) is 2.07. The van der Waals surface area contributed by atoms with Gasteiger partial charge in [0, 0.05) is 6.07 Å². The Kier molecular flexibility index (Phi) is 3.10. The van der Waals surface area contributed by atoms with Gasteiger partial charge in [-0.3, -0.25) is 10.1 Å². The number of nitro groups is 1. The molecule has 0 aromatic carbocycles. The molecule has 0 aliphatic heterocycles. The van der Waals surface area contributed by atoms with Crippen molar-refractivity contribution in [1.82, 2.24) is 4.98 Å². The van der Waals surface area contributed by atoms with E-state index >= 15 is 0 Å². The van der Waals surface area contributed by atoms with Gasteiger partial charge < -0.3 is 0 Å². The molecule has 1 aromatic rings. The van der Waals surface area contributed by atoms with E-state index in [0.717, 1.165) is 6.07 Å². The molecule has 0 amide bonds. The van der Waals surface area contributed by atoms with E-state index in [2.05, 4.69) is 20.9 Å². The lowest BCUT2D eigenvalue weighted by atomic mass is 10.2. The van der Waals surface area contributed by atoms with Crippen LogP contribution in [-0.4, -0.2) is 9.91 Å². The Labute approximate surface area is 86.2 Å². The van der Waals surface area contributed by atoms with Crippen LogP contribution in [0.5, 0.6) is 0 Å². The smallest absolute Gasteiger partial charge is 0.258 e. The molecule has 0 unspecified atom stereocenters. The number of halogens is 3. The third-order valence-electron chi connectivity index (χ3n) is 1.59. The van der Waals surface area contributed by atoms with Gasteiger partial charge >= 0.3 is 5.69 Å². The van der Waals surface area contributed by atoms with Gasteiger partial charge in [0.05, 0.1) is 4.92 Å². The molecule has 1 aromatic heterocycles. The molecule has 0 saturated carbocycles. The van der Waals surface area contributed by atoms with Crippen LogP contribution in [0.15, 0.2) is 10.7 Å². The first-order valence-corrected chi connectivity index (χ1v) is 4.32. The van der Waals surface area contributed by atoms with Crippen molar-refractivity contribution in [3.63, 3.8) is 0 Å². The van der Waals surface area contributed by atoms with Crippen LogP contribution < -0.4 is 0 Å². The van der Waals surface area contributed by atoms with E-state index in [4.69, 9.17) is 0 Å². The molecule has 14 heavy (non-hydrogen) atoms. The highest BCUT2D eigenvalue weighted by Crippen LogP contribution is 2.29. The second kappa shape index (κ2) is 3.95. The monoisotopic (exact) mass is 266 g/mol. The highest BCUT2D eigenvalue weighted by molar-refractivity contribution is 9.10. The number of aryl methyl sites for hydroxylation is 1. The van der Waals surface area contributed by atoms with Gasteiger partial charge in [-0.25, -0.2) is 13.8 Å². The molecule has 1 heterocycles. The minimum atomic E-state index is -2.73. The summed E-state index contributed by atoms with van der Waals surface area (Å²) in [6.07, 6.45) is -2.73. The Bertz CT molecular complexity index is 384. The first-order chi connectivity index (χ1) is 6.43. The van der Waals surface area contributed by atoms with E-state index in [9.17, 15) is 18.9 Å². The predicted molar refractivity (Wildman–Crippen MR) is 48.3 cm³/mol. The fourth-order valence-electron chi connectivity index (χ4n) is 0.939. The molecule has 1 rings (SSSR count). The summed E-state index contributed by atoms with van der Waals surface area (Å²) in [6, 6.07) is 1.07. The third-order valence-corrected chi connectivity index (χ3v) is 2.17.